The summed E-state index contributed by atoms with van der Waals surface area (Å²) in [6.07, 6.45) is 8.85. The molecule has 2 heterocycles. The number of carbonyl (C=O) groups excluding carboxylic acids is 1. The summed E-state index contributed by atoms with van der Waals surface area (Å²) in [5.41, 5.74) is 3.01. The Hall–Kier alpha value is -3.24. The predicted molar refractivity (Wildman–Crippen MR) is 115 cm³/mol. The second-order valence-electron chi connectivity index (χ2n) is 6.84. The van der Waals surface area contributed by atoms with Crippen molar-refractivity contribution >= 4 is 40.6 Å². The van der Waals surface area contributed by atoms with Crippen LogP contribution in [-0.2, 0) is 11.3 Å². The number of halogens is 2. The lowest BCUT2D eigenvalue weighted by atomic mass is 10.1. The van der Waals surface area contributed by atoms with Crippen molar-refractivity contribution in [3.05, 3.63) is 53.7 Å². The molecule has 2 aromatic heterocycles. The lowest BCUT2D eigenvalue weighted by Gasteiger charge is -2.09. The van der Waals surface area contributed by atoms with Gasteiger partial charge in [-0.15, -0.1) is 0 Å². The van der Waals surface area contributed by atoms with E-state index in [-0.39, 0.29) is 11.7 Å². The maximum absolute atomic E-state index is 13.1. The van der Waals surface area contributed by atoms with Crippen LogP contribution in [-0.4, -0.2) is 30.9 Å². The minimum atomic E-state index is -0.358. The average Bonchev–Trinajstić information content (AvgIpc) is 3.21. The van der Waals surface area contributed by atoms with E-state index in [9.17, 15) is 9.18 Å². The number of nitrogens with zero attached hydrogens (tertiary/aromatic N) is 4. The van der Waals surface area contributed by atoms with E-state index in [0.717, 1.165) is 37.9 Å². The zero-order valence-electron chi connectivity index (χ0n) is 16.7. The Kier molecular flexibility index (Phi) is 8.13. The van der Waals surface area contributed by atoms with Gasteiger partial charge in [0.05, 0.1) is 18.1 Å². The molecule has 0 aliphatic heterocycles. The Labute approximate surface area is 183 Å². The number of anilines is 4. The van der Waals surface area contributed by atoms with Crippen molar-refractivity contribution in [3.8, 4) is 0 Å². The molecule has 0 saturated heterocycles. The molecule has 0 aliphatic rings. The van der Waals surface area contributed by atoms with Crippen LogP contribution in [0.5, 0.6) is 0 Å². The van der Waals surface area contributed by atoms with Gasteiger partial charge in [-0.25, -0.2) is 14.9 Å². The van der Waals surface area contributed by atoms with Crippen molar-refractivity contribution in [1.29, 1.82) is 0 Å². The topological polar surface area (TPSA) is 117 Å². The summed E-state index contributed by atoms with van der Waals surface area (Å²) in [4.78, 5) is 19.5. The van der Waals surface area contributed by atoms with Crippen LogP contribution < -0.4 is 16.1 Å². The molecule has 0 atom stereocenters. The number of rotatable bonds is 11. The Bertz CT molecular complexity index is 997. The average molecular weight is 448 g/mol. The highest BCUT2D eigenvalue weighted by atomic mass is 35.5. The molecule has 11 heteroatoms. The molecule has 0 saturated carbocycles. The number of nitrogens with one attached hydrogen (secondary N) is 3. The van der Waals surface area contributed by atoms with E-state index in [1.165, 1.54) is 18.3 Å². The van der Waals surface area contributed by atoms with Gasteiger partial charge in [0.2, 0.25) is 11.9 Å². The Morgan fingerprint density at radius 2 is 1.84 bits per heavy atom. The first kappa shape index (κ1) is 22.4. The van der Waals surface area contributed by atoms with Gasteiger partial charge in [-0.3, -0.25) is 14.7 Å². The van der Waals surface area contributed by atoms with Crippen molar-refractivity contribution in [2.45, 2.75) is 38.6 Å². The molecule has 9 nitrogen and oxygen atoms in total. The lowest BCUT2D eigenvalue weighted by molar-refractivity contribution is -0.129. The van der Waals surface area contributed by atoms with Crippen LogP contribution in [0, 0.1) is 5.82 Å². The van der Waals surface area contributed by atoms with E-state index in [1.54, 1.807) is 23.8 Å². The first-order valence-corrected chi connectivity index (χ1v) is 10.2. The maximum Gasteiger partial charge on any atom is 0.243 e. The molecule has 0 spiro atoms. The second kappa shape index (κ2) is 11.2. The van der Waals surface area contributed by atoms with Crippen LogP contribution >= 0.6 is 11.6 Å². The summed E-state index contributed by atoms with van der Waals surface area (Å²) >= 11 is 6.16. The van der Waals surface area contributed by atoms with Crippen LogP contribution in [0.25, 0.3) is 0 Å². The molecule has 0 unspecified atom stereocenters. The molecular weight excluding hydrogens is 425 g/mol. The fourth-order valence-corrected chi connectivity index (χ4v) is 2.97. The van der Waals surface area contributed by atoms with Crippen LogP contribution in [0.1, 0.15) is 32.1 Å². The Balaban J connectivity index is 1.49. The summed E-state index contributed by atoms with van der Waals surface area (Å²) in [6.45, 7) is 0.743. The van der Waals surface area contributed by atoms with Crippen molar-refractivity contribution in [1.82, 2.24) is 25.2 Å². The zero-order valence-corrected chi connectivity index (χ0v) is 17.4. The molecule has 0 radical (unpaired) electrons. The number of unbranched alkanes of at least 4 members (excludes halogenated alkanes) is 3. The molecule has 1 amide bonds. The third-order valence-electron chi connectivity index (χ3n) is 4.41. The van der Waals surface area contributed by atoms with Gasteiger partial charge < -0.3 is 10.6 Å². The summed E-state index contributed by atoms with van der Waals surface area (Å²) in [7, 11) is 0. The van der Waals surface area contributed by atoms with Crippen LogP contribution in [0.15, 0.2) is 42.9 Å². The van der Waals surface area contributed by atoms with Crippen LogP contribution in [0.3, 0.4) is 0 Å². The number of hydrogen-bond donors (Lipinski definition) is 4. The molecule has 0 aliphatic carbocycles. The largest absolute Gasteiger partial charge is 0.339 e. The Morgan fingerprint density at radius 3 is 2.61 bits per heavy atom. The number of aromatic nitrogens is 4. The monoisotopic (exact) mass is 447 g/mol. The Morgan fingerprint density at radius 1 is 1.06 bits per heavy atom. The van der Waals surface area contributed by atoms with Gasteiger partial charge in [-0.2, -0.15) is 10.1 Å². The standard InChI is InChI=1S/C20H23ClFN7O2/c21-17-12-23-20(27-19(17)25-15-8-6-14(22)7-9-15)26-16-11-24-29(13-16)10-4-2-1-3-5-18(30)28-31/h6-9,11-13,31H,1-5,10H2,(H,28,30)(H2,23,25,26,27). The molecule has 1 aromatic carbocycles. The lowest BCUT2D eigenvalue weighted by Crippen LogP contribution is -2.17. The van der Waals surface area contributed by atoms with E-state index < -0.39 is 0 Å². The highest BCUT2D eigenvalue weighted by Gasteiger charge is 2.08. The fourth-order valence-electron chi connectivity index (χ4n) is 2.83. The van der Waals surface area contributed by atoms with Gasteiger partial charge in [-0.1, -0.05) is 24.4 Å². The number of hydrogen-bond acceptors (Lipinski definition) is 7. The summed E-state index contributed by atoms with van der Waals surface area (Å²) in [5.74, 6) is 0.0554. The minimum absolute atomic E-state index is 0.325. The smallest absolute Gasteiger partial charge is 0.243 e. The van der Waals surface area contributed by atoms with Crippen molar-refractivity contribution in [2.24, 2.45) is 0 Å². The number of carbonyl (C=O) groups is 1. The maximum atomic E-state index is 13.1. The normalized spacial score (nSPS) is 10.7. The number of amides is 1. The number of hydroxylamine groups is 1. The van der Waals surface area contributed by atoms with Crippen molar-refractivity contribution in [3.63, 3.8) is 0 Å². The van der Waals surface area contributed by atoms with Gasteiger partial charge in [0.1, 0.15) is 10.8 Å². The van der Waals surface area contributed by atoms with Gasteiger partial charge >= 0.3 is 0 Å². The second-order valence-corrected chi connectivity index (χ2v) is 7.25. The number of benzene rings is 1. The minimum Gasteiger partial charge on any atom is -0.339 e. The fraction of sp³-hybridized carbons (Fsp3) is 0.300. The molecule has 3 aromatic rings. The summed E-state index contributed by atoms with van der Waals surface area (Å²) < 4.78 is 14.9. The van der Waals surface area contributed by atoms with E-state index >= 15 is 0 Å². The molecule has 4 N–H and O–H groups in total. The number of aryl methyl sites for hydroxylation is 1. The molecule has 3 rings (SSSR count). The first-order valence-electron chi connectivity index (χ1n) is 9.81. The predicted octanol–water partition coefficient (Wildman–Crippen LogP) is 4.41. The van der Waals surface area contributed by atoms with E-state index in [4.69, 9.17) is 16.8 Å². The molecular formula is C20H23ClFN7O2. The first-order chi connectivity index (χ1) is 15.0. The highest BCUT2D eigenvalue weighted by Crippen LogP contribution is 2.25. The van der Waals surface area contributed by atoms with Crippen LogP contribution in [0.2, 0.25) is 5.02 Å². The summed E-state index contributed by atoms with van der Waals surface area (Å²) in [6, 6.07) is 5.87. The van der Waals surface area contributed by atoms with Crippen molar-refractivity contribution in [2.75, 3.05) is 10.6 Å². The van der Waals surface area contributed by atoms with E-state index in [2.05, 4.69) is 25.7 Å². The SMILES string of the molecule is O=C(CCCCCCn1cc(Nc2ncc(Cl)c(Nc3ccc(F)cc3)n2)cn1)NO. The zero-order chi connectivity index (χ0) is 22.1. The van der Waals surface area contributed by atoms with Gasteiger partial charge in [0.25, 0.3) is 0 Å². The van der Waals surface area contributed by atoms with Gasteiger partial charge in [0, 0.05) is 24.8 Å². The third kappa shape index (κ3) is 7.19. The van der Waals surface area contributed by atoms with Crippen LogP contribution in [0.4, 0.5) is 27.5 Å². The summed E-state index contributed by atoms with van der Waals surface area (Å²) in [5, 5.41) is 19.2. The molecule has 31 heavy (non-hydrogen) atoms. The van der Waals surface area contributed by atoms with Gasteiger partial charge in [0.15, 0.2) is 5.82 Å². The van der Waals surface area contributed by atoms with Gasteiger partial charge in [-0.05, 0) is 37.1 Å². The quantitative estimate of drug-likeness (QED) is 0.195. The van der Waals surface area contributed by atoms with Crippen molar-refractivity contribution < 1.29 is 14.4 Å². The molecule has 164 valence electrons. The van der Waals surface area contributed by atoms with E-state index in [1.807, 2.05) is 10.9 Å². The van der Waals surface area contributed by atoms with E-state index in [0.29, 0.717) is 28.9 Å². The molecule has 0 fully saturated rings. The third-order valence-corrected chi connectivity index (χ3v) is 4.68. The molecule has 0 bridgehead atoms. The highest BCUT2D eigenvalue weighted by molar-refractivity contribution is 6.32.